The lowest BCUT2D eigenvalue weighted by Gasteiger charge is -2.60. The molecule has 0 bridgehead atoms. The first kappa shape index (κ1) is 54.7. The normalized spacial score (nSPS) is 24.1. The van der Waals surface area contributed by atoms with E-state index in [1.54, 1.807) is 37.5 Å². The van der Waals surface area contributed by atoms with Crippen molar-refractivity contribution in [2.75, 3.05) is 52.5 Å². The zero-order valence-electron chi connectivity index (χ0n) is 42.6. The van der Waals surface area contributed by atoms with Crippen LogP contribution < -0.4 is 24.3 Å². The van der Waals surface area contributed by atoms with Crippen LogP contribution in [0.1, 0.15) is 160 Å². The van der Waals surface area contributed by atoms with E-state index in [0.29, 0.717) is 67.5 Å². The Kier molecular flexibility index (Phi) is 22.2. The molecule has 14 heteroatoms. The molecule has 388 valence electrons. The Morgan fingerprint density at radius 3 is 2.31 bits per heavy atom. The predicted octanol–water partition coefficient (Wildman–Crippen LogP) is 11.6. The molecule has 6 rings (SSSR count). The number of nitrogens with one attached hydrogen (secondary N) is 1. The zero-order chi connectivity index (χ0) is 49.7. The number of benzene rings is 2. The van der Waals surface area contributed by atoms with Gasteiger partial charge in [0.1, 0.15) is 29.0 Å². The summed E-state index contributed by atoms with van der Waals surface area (Å²) in [6.45, 7) is 9.85. The first-order chi connectivity index (χ1) is 34.2. The van der Waals surface area contributed by atoms with E-state index in [2.05, 4.69) is 31.8 Å². The number of nitrogens with zero attached hydrogens (tertiary/aromatic N) is 2. The second-order valence-corrected chi connectivity index (χ2v) is 19.4. The summed E-state index contributed by atoms with van der Waals surface area (Å²) < 4.78 is 37.6. The number of carbonyl (C=O) groups excluding carboxylic acids is 2. The van der Waals surface area contributed by atoms with Crippen molar-refractivity contribution < 1.29 is 53.1 Å². The van der Waals surface area contributed by atoms with E-state index in [0.717, 1.165) is 87.5 Å². The van der Waals surface area contributed by atoms with Gasteiger partial charge < -0.3 is 48.4 Å². The summed E-state index contributed by atoms with van der Waals surface area (Å²) in [5.41, 5.74) is 2.94. The van der Waals surface area contributed by atoms with Crippen molar-refractivity contribution in [3.8, 4) is 23.0 Å². The summed E-state index contributed by atoms with van der Waals surface area (Å²) in [6.07, 6.45) is 21.9. The minimum Gasteiger partial charge on any atom is -0.497 e. The van der Waals surface area contributed by atoms with Crippen molar-refractivity contribution in [1.29, 1.82) is 0 Å². The number of amides is 2. The molecule has 7 atom stereocenters. The van der Waals surface area contributed by atoms with E-state index >= 15 is 0 Å². The number of allylic oxidation sites excluding steroid dienone is 1. The molecule has 0 spiro atoms. The number of ether oxygens (including phenoxy) is 6. The topological polar surface area (TPSA) is 167 Å². The summed E-state index contributed by atoms with van der Waals surface area (Å²) in [5, 5.41) is 27.9. The fourth-order valence-corrected chi connectivity index (χ4v) is 11.2. The number of rotatable bonds is 30. The van der Waals surface area contributed by atoms with Crippen LogP contribution >= 0.6 is 0 Å². The third-order valence-electron chi connectivity index (χ3n) is 14.6. The molecule has 2 fully saturated rings. The molecule has 2 aromatic carbocycles. The Bertz CT molecular complexity index is 2020. The van der Waals surface area contributed by atoms with E-state index in [9.17, 15) is 19.8 Å². The maximum absolute atomic E-state index is 14.9. The largest absolute Gasteiger partial charge is 0.497 e. The van der Waals surface area contributed by atoms with Gasteiger partial charge in [-0.2, -0.15) is 0 Å². The molecule has 3 N–H and O–H groups in total. The van der Waals surface area contributed by atoms with Crippen LogP contribution in [-0.4, -0.2) is 98.1 Å². The van der Waals surface area contributed by atoms with Crippen LogP contribution in [0.5, 0.6) is 23.0 Å². The number of fused-ring (bicyclic) bond motifs is 2. The number of aliphatic hydroxyl groups excluding tert-OH is 2. The van der Waals surface area contributed by atoms with Crippen molar-refractivity contribution >= 4 is 23.4 Å². The molecule has 2 aliphatic heterocycles. The number of aliphatic hydroxyl groups is 2. The average Bonchev–Trinajstić information content (AvgIpc) is 3.37. The van der Waals surface area contributed by atoms with E-state index in [-0.39, 0.29) is 43.5 Å². The molecule has 0 aromatic heterocycles. The first-order valence-corrected chi connectivity index (χ1v) is 26.6. The van der Waals surface area contributed by atoms with Gasteiger partial charge in [-0.05, 0) is 99.1 Å². The minimum atomic E-state index is -1.38. The van der Waals surface area contributed by atoms with Crippen molar-refractivity contribution in [2.45, 2.75) is 173 Å². The molecule has 4 aliphatic rings. The van der Waals surface area contributed by atoms with Gasteiger partial charge in [-0.25, -0.2) is 4.79 Å². The molecule has 2 aromatic rings. The maximum Gasteiger partial charge on any atom is 0.417 e. The molecule has 1 unspecified atom stereocenters. The lowest BCUT2D eigenvalue weighted by molar-refractivity contribution is -0.257. The Morgan fingerprint density at radius 1 is 0.886 bits per heavy atom. The number of methoxy groups -OCH3 is 2. The molecular formula is C56H83N3O11. The number of anilines is 1. The van der Waals surface area contributed by atoms with Gasteiger partial charge in [-0.1, -0.05) is 95.4 Å². The second-order valence-electron chi connectivity index (χ2n) is 19.4. The van der Waals surface area contributed by atoms with Crippen LogP contribution in [0.3, 0.4) is 0 Å². The summed E-state index contributed by atoms with van der Waals surface area (Å²) in [5.74, 6) is -0.164. The van der Waals surface area contributed by atoms with Crippen LogP contribution in [0.2, 0.25) is 0 Å². The Hall–Kier alpha value is -4.63. The number of hydrogen-bond acceptors (Lipinski definition) is 12. The van der Waals surface area contributed by atoms with E-state index in [4.69, 9.17) is 38.4 Å². The van der Waals surface area contributed by atoms with Crippen LogP contribution in [0.25, 0.3) is 0 Å². The molecule has 1 saturated carbocycles. The van der Waals surface area contributed by atoms with Crippen molar-refractivity contribution in [1.82, 2.24) is 4.90 Å². The highest BCUT2D eigenvalue weighted by Gasteiger charge is 2.65. The number of unbranched alkanes of at least 4 members (excludes halogenated alkanes) is 10. The number of carbonyl (C=O) groups is 2. The average molecular weight is 974 g/mol. The fraction of sp³-hybridized carbons (Fsp3) is 0.661. The molecule has 2 amide bonds. The third-order valence-corrected chi connectivity index (χ3v) is 14.6. The van der Waals surface area contributed by atoms with Gasteiger partial charge >= 0.3 is 6.09 Å². The van der Waals surface area contributed by atoms with Crippen LogP contribution in [-0.2, 0) is 19.1 Å². The van der Waals surface area contributed by atoms with Crippen molar-refractivity contribution in [3.63, 3.8) is 0 Å². The minimum absolute atomic E-state index is 0.000816. The molecule has 2 aliphatic carbocycles. The smallest absolute Gasteiger partial charge is 0.417 e. The Balaban J connectivity index is 1.45. The SMILES string of the molecule is C=CCO[C@@]12Oc3ccc(OC(=O)Nc4ccc(OC)cc4OC)cc3[C@H]3[C@H](CCCCO)[C@@H](CCCCO)C=C(C(=NOC4CCCCO4)C[C@@H]1N(CCC)C(=O)CCCCCCCCCCC)[C@H]32. The Morgan fingerprint density at radius 2 is 1.63 bits per heavy atom. The maximum atomic E-state index is 14.9. The highest BCUT2D eigenvalue weighted by molar-refractivity contribution is 6.03. The molecular weight excluding hydrogens is 891 g/mol. The fourth-order valence-electron chi connectivity index (χ4n) is 11.2. The quantitative estimate of drug-likeness (QED) is 0.0387. The van der Waals surface area contributed by atoms with Gasteiger partial charge in [-0.3, -0.25) is 10.1 Å². The van der Waals surface area contributed by atoms with Gasteiger partial charge in [0.25, 0.3) is 0 Å². The third kappa shape index (κ3) is 14.1. The lowest BCUT2D eigenvalue weighted by Crippen LogP contribution is -2.70. The molecule has 14 nitrogen and oxygen atoms in total. The van der Waals surface area contributed by atoms with Gasteiger partial charge in [0, 0.05) is 56.6 Å². The van der Waals surface area contributed by atoms with Crippen LogP contribution in [0, 0.1) is 17.8 Å². The standard InChI is InChI=1S/C56H83N3O11/c1-6-9-10-11-12-13-14-15-16-25-51(62)59(31-7-2)50-39-47(58-70-52-26-19-22-35-66-52)44-36-40(23-17-20-32-60)43(24-18-21-33-61)53-45-37-42(28-30-48(45)69-56(50,54(44)53)67-34-8-3)68-55(63)57-46-29-27-41(64-4)38-49(46)65-5/h8,27-30,36-38,40,43,50,52-54,60-61H,3,6-7,9-26,31-35,39H2,1-2,4-5H3,(H,57,63)/t40-,43+,50-,52?,53+,54+,56+/m0/s1. The molecule has 2 heterocycles. The van der Waals surface area contributed by atoms with Crippen molar-refractivity contribution in [2.24, 2.45) is 22.9 Å². The zero-order valence-corrected chi connectivity index (χ0v) is 42.6. The predicted molar refractivity (Wildman–Crippen MR) is 273 cm³/mol. The monoisotopic (exact) mass is 974 g/mol. The molecule has 70 heavy (non-hydrogen) atoms. The summed E-state index contributed by atoms with van der Waals surface area (Å²) >= 11 is 0. The van der Waals surface area contributed by atoms with Crippen molar-refractivity contribution in [3.05, 3.63) is 66.3 Å². The highest BCUT2D eigenvalue weighted by Crippen LogP contribution is 2.62. The molecule has 1 saturated heterocycles. The highest BCUT2D eigenvalue weighted by atomic mass is 16.8. The van der Waals surface area contributed by atoms with E-state index in [1.807, 2.05) is 17.0 Å². The summed E-state index contributed by atoms with van der Waals surface area (Å²) in [4.78, 5) is 36.9. The summed E-state index contributed by atoms with van der Waals surface area (Å²) in [7, 11) is 3.08. The second kappa shape index (κ2) is 28.4. The summed E-state index contributed by atoms with van der Waals surface area (Å²) in [6, 6.07) is 9.99. The first-order valence-electron chi connectivity index (χ1n) is 26.6. The Labute approximate surface area is 417 Å². The number of hydrogen-bond donors (Lipinski definition) is 3. The van der Waals surface area contributed by atoms with Gasteiger partial charge in [-0.15, -0.1) is 6.58 Å². The molecule has 0 radical (unpaired) electrons. The van der Waals surface area contributed by atoms with Crippen LogP contribution in [0.15, 0.2) is 65.9 Å². The van der Waals surface area contributed by atoms with Crippen LogP contribution in [0.4, 0.5) is 10.5 Å². The van der Waals surface area contributed by atoms with Gasteiger partial charge in [0.05, 0.1) is 44.8 Å². The van der Waals surface area contributed by atoms with Gasteiger partial charge in [0.15, 0.2) is 0 Å². The van der Waals surface area contributed by atoms with Gasteiger partial charge in [0.2, 0.25) is 18.0 Å². The van der Waals surface area contributed by atoms with E-state index in [1.165, 1.54) is 45.6 Å². The lowest BCUT2D eigenvalue weighted by atomic mass is 9.55. The van der Waals surface area contributed by atoms with E-state index < -0.39 is 30.1 Å². The number of oxime groups is 1.